The van der Waals surface area contributed by atoms with Crippen molar-refractivity contribution in [2.24, 2.45) is 11.8 Å². The fourth-order valence-corrected chi connectivity index (χ4v) is 8.95. The van der Waals surface area contributed by atoms with Crippen molar-refractivity contribution in [2.45, 2.75) is 73.4 Å². The maximum atomic E-state index is 13.3. The second-order valence-corrected chi connectivity index (χ2v) is 12.9. The molecule has 1 aliphatic heterocycles. The van der Waals surface area contributed by atoms with Gasteiger partial charge in [-0.05, 0) is 81.4 Å². The van der Waals surface area contributed by atoms with Gasteiger partial charge in [-0.2, -0.15) is 5.26 Å². The summed E-state index contributed by atoms with van der Waals surface area (Å²) in [5.74, 6) is 0.799. The molecule has 10 heteroatoms. The normalized spacial score (nSPS) is 35.1. The first-order valence-electron chi connectivity index (χ1n) is 11.6. The first-order valence-corrected chi connectivity index (χ1v) is 13.8. The molecule has 1 aromatic rings. The van der Waals surface area contributed by atoms with E-state index in [1.807, 2.05) is 0 Å². The summed E-state index contributed by atoms with van der Waals surface area (Å²) in [6, 6.07) is 6.26. The lowest BCUT2D eigenvalue weighted by atomic mass is 9.50. The van der Waals surface area contributed by atoms with Crippen LogP contribution in [0.25, 0.3) is 0 Å². The van der Waals surface area contributed by atoms with E-state index in [-0.39, 0.29) is 34.0 Å². The van der Waals surface area contributed by atoms with Crippen molar-refractivity contribution in [2.75, 3.05) is 13.1 Å². The van der Waals surface area contributed by atoms with Gasteiger partial charge in [0.25, 0.3) is 0 Å². The molecule has 0 spiro atoms. The molecular formula is C23H28Cl2N4O3S. The van der Waals surface area contributed by atoms with Gasteiger partial charge in [-0.1, -0.05) is 23.2 Å². The van der Waals surface area contributed by atoms with E-state index in [4.69, 9.17) is 23.2 Å². The summed E-state index contributed by atoms with van der Waals surface area (Å²) in [7, 11) is -3.78. The average Bonchev–Trinajstić information content (AvgIpc) is 3.21. The molecule has 4 bridgehead atoms. The second-order valence-electron chi connectivity index (χ2n) is 10.4. The predicted molar refractivity (Wildman–Crippen MR) is 125 cm³/mol. The van der Waals surface area contributed by atoms with Crippen LogP contribution >= 0.6 is 23.2 Å². The molecule has 2 N–H and O–H groups in total. The number of halogens is 2. The third-order valence-corrected chi connectivity index (χ3v) is 10.3. The first kappa shape index (κ1) is 23.4. The molecule has 0 radical (unpaired) electrons. The van der Waals surface area contributed by atoms with Crippen molar-refractivity contribution >= 4 is 39.1 Å². The minimum Gasteiger partial charge on any atom is -0.326 e. The van der Waals surface area contributed by atoms with Gasteiger partial charge in [-0.3, -0.25) is 4.79 Å². The Morgan fingerprint density at radius 2 is 1.85 bits per heavy atom. The standard InChI is InChI=1S/C23H28Cl2N4O3S/c24-19-4-3-18(7-20(19)25)33(31,32)28-23-10-15-6-16(11-23)9-22(8-15,14-23)27-13-21(30)29-5-1-2-17(29)12-26/h3-4,7,15-17,27-28H,1-2,5-6,8-11,13-14H2/t15?,16?,17-,22?,23?/m1/s1. The van der Waals surface area contributed by atoms with E-state index in [2.05, 4.69) is 16.1 Å². The number of sulfonamides is 1. The predicted octanol–water partition coefficient (Wildman–Crippen LogP) is 3.47. The van der Waals surface area contributed by atoms with E-state index in [1.165, 1.54) is 18.2 Å². The number of carbonyl (C=O) groups is 1. The number of rotatable bonds is 6. The van der Waals surface area contributed by atoms with Gasteiger partial charge in [-0.15, -0.1) is 0 Å². The number of nitriles is 1. The highest BCUT2D eigenvalue weighted by molar-refractivity contribution is 7.89. The Morgan fingerprint density at radius 1 is 1.15 bits per heavy atom. The van der Waals surface area contributed by atoms with E-state index in [0.29, 0.717) is 29.8 Å². The van der Waals surface area contributed by atoms with Crippen LogP contribution < -0.4 is 10.0 Å². The van der Waals surface area contributed by atoms with Crippen LogP contribution in [0.1, 0.15) is 51.4 Å². The molecule has 4 saturated carbocycles. The lowest BCUT2D eigenvalue weighted by Crippen LogP contribution is -2.69. The maximum absolute atomic E-state index is 13.3. The number of hydrogen-bond donors (Lipinski definition) is 2. The number of amides is 1. The van der Waals surface area contributed by atoms with Gasteiger partial charge in [-0.25, -0.2) is 13.1 Å². The van der Waals surface area contributed by atoms with Crippen LogP contribution in [0.2, 0.25) is 10.0 Å². The summed E-state index contributed by atoms with van der Waals surface area (Å²) in [6.45, 7) is 0.817. The highest BCUT2D eigenvalue weighted by Gasteiger charge is 2.58. The summed E-state index contributed by atoms with van der Waals surface area (Å²) in [4.78, 5) is 14.6. The third-order valence-electron chi connectivity index (χ3n) is 7.95. The van der Waals surface area contributed by atoms with E-state index in [0.717, 1.165) is 44.9 Å². The highest BCUT2D eigenvalue weighted by atomic mass is 35.5. The number of benzene rings is 1. The summed E-state index contributed by atoms with van der Waals surface area (Å²) >= 11 is 12.0. The molecule has 7 nitrogen and oxygen atoms in total. The minimum atomic E-state index is -3.78. The third kappa shape index (κ3) is 4.39. The molecule has 5 aliphatic rings. The highest BCUT2D eigenvalue weighted by Crippen LogP contribution is 2.57. The van der Waals surface area contributed by atoms with Gasteiger partial charge in [0, 0.05) is 17.6 Å². The van der Waals surface area contributed by atoms with E-state index >= 15 is 0 Å². The minimum absolute atomic E-state index is 0.0415. The number of hydrogen-bond acceptors (Lipinski definition) is 5. The van der Waals surface area contributed by atoms with E-state index < -0.39 is 15.6 Å². The molecule has 1 saturated heterocycles. The Labute approximate surface area is 204 Å². The zero-order chi connectivity index (χ0) is 23.4. The van der Waals surface area contributed by atoms with Gasteiger partial charge in [0.05, 0.1) is 27.6 Å². The summed E-state index contributed by atoms with van der Waals surface area (Å²) < 4.78 is 29.6. The molecular weight excluding hydrogens is 483 g/mol. The lowest BCUT2D eigenvalue weighted by molar-refractivity contribution is -0.131. The average molecular weight is 511 g/mol. The van der Waals surface area contributed by atoms with Crippen molar-refractivity contribution in [3.8, 4) is 6.07 Å². The van der Waals surface area contributed by atoms with Gasteiger partial charge in [0.1, 0.15) is 6.04 Å². The molecule has 0 aromatic heterocycles. The van der Waals surface area contributed by atoms with Crippen molar-refractivity contribution in [1.29, 1.82) is 5.26 Å². The Morgan fingerprint density at radius 3 is 2.52 bits per heavy atom. The van der Waals surface area contributed by atoms with Crippen LogP contribution in [0, 0.1) is 23.2 Å². The van der Waals surface area contributed by atoms with Crippen molar-refractivity contribution in [1.82, 2.24) is 14.9 Å². The lowest BCUT2D eigenvalue weighted by Gasteiger charge is -2.62. The molecule has 4 aliphatic carbocycles. The van der Waals surface area contributed by atoms with Crippen molar-refractivity contribution in [3.63, 3.8) is 0 Å². The van der Waals surface area contributed by atoms with Gasteiger partial charge in [0.15, 0.2) is 0 Å². The van der Waals surface area contributed by atoms with Crippen LogP contribution in [0.5, 0.6) is 0 Å². The topological polar surface area (TPSA) is 102 Å². The monoisotopic (exact) mass is 510 g/mol. The van der Waals surface area contributed by atoms with Crippen LogP contribution in [-0.4, -0.2) is 49.4 Å². The number of carbonyl (C=O) groups excluding carboxylic acids is 1. The van der Waals surface area contributed by atoms with Crippen LogP contribution in [0.3, 0.4) is 0 Å². The molecule has 3 atom stereocenters. The van der Waals surface area contributed by atoms with Crippen LogP contribution in [0.4, 0.5) is 0 Å². The maximum Gasteiger partial charge on any atom is 0.241 e. The number of nitrogens with one attached hydrogen (secondary N) is 2. The van der Waals surface area contributed by atoms with E-state index in [1.54, 1.807) is 4.90 Å². The molecule has 1 aromatic carbocycles. The number of nitrogens with zero attached hydrogens (tertiary/aromatic N) is 2. The fourth-order valence-electron chi connectivity index (χ4n) is 7.14. The first-order chi connectivity index (χ1) is 15.6. The molecule has 6 rings (SSSR count). The Bertz CT molecular complexity index is 1110. The van der Waals surface area contributed by atoms with Crippen LogP contribution in [-0.2, 0) is 14.8 Å². The Balaban J connectivity index is 1.33. The van der Waals surface area contributed by atoms with E-state index in [9.17, 15) is 18.5 Å². The molecule has 2 unspecified atom stereocenters. The molecule has 1 heterocycles. The Kier molecular flexibility index (Phi) is 5.94. The summed E-state index contributed by atoms with van der Waals surface area (Å²) in [5, 5.41) is 13.4. The molecule has 33 heavy (non-hydrogen) atoms. The molecule has 1 amide bonds. The zero-order valence-electron chi connectivity index (χ0n) is 18.3. The molecule has 178 valence electrons. The zero-order valence-corrected chi connectivity index (χ0v) is 20.6. The molecule has 5 fully saturated rings. The van der Waals surface area contributed by atoms with Crippen LogP contribution in [0.15, 0.2) is 23.1 Å². The smallest absolute Gasteiger partial charge is 0.241 e. The fraction of sp³-hybridized carbons (Fsp3) is 0.652. The second kappa shape index (κ2) is 8.39. The quantitative estimate of drug-likeness (QED) is 0.609. The van der Waals surface area contributed by atoms with Gasteiger partial charge >= 0.3 is 0 Å². The number of likely N-dealkylation sites (tertiary alicyclic amines) is 1. The SMILES string of the molecule is N#C[C@H]1CCCN1C(=O)CNC12CC3CC(C1)CC(NS(=O)(=O)c1ccc(Cl)c(Cl)c1)(C3)C2. The van der Waals surface area contributed by atoms with Gasteiger partial charge in [0.2, 0.25) is 15.9 Å². The summed E-state index contributed by atoms with van der Waals surface area (Å²) in [5.41, 5.74) is -0.796. The largest absolute Gasteiger partial charge is 0.326 e. The van der Waals surface area contributed by atoms with Crippen molar-refractivity contribution in [3.05, 3.63) is 28.2 Å². The summed E-state index contributed by atoms with van der Waals surface area (Å²) in [6.07, 6.45) is 6.88. The Hall–Kier alpha value is -1.37. The van der Waals surface area contributed by atoms with Crippen molar-refractivity contribution < 1.29 is 13.2 Å². The van der Waals surface area contributed by atoms with Gasteiger partial charge < -0.3 is 10.2 Å².